The van der Waals surface area contributed by atoms with Gasteiger partial charge in [0.05, 0.1) is 22.5 Å². The average Bonchev–Trinajstić information content (AvgIpc) is 3.99. The SMILES string of the molecule is c1ccc(-c2cc(-c3ccc(N4c5ccccc5C5(c6cccnc64)c4ccsc4-c4sccc45)cc3)nc(-c3ccc(-c4cccnc4)cc3)n2)cc1. The largest absolute Gasteiger partial charge is 0.294 e. The summed E-state index contributed by atoms with van der Waals surface area (Å²) in [5, 5.41) is 4.47. The molecule has 0 fully saturated rings. The highest BCUT2D eigenvalue weighted by Crippen LogP contribution is 2.65. The van der Waals surface area contributed by atoms with Crippen LogP contribution in [0.25, 0.3) is 54.8 Å². The third-order valence-corrected chi connectivity index (χ3v) is 12.6. The maximum atomic E-state index is 5.15. The monoisotopic (exact) mass is 727 g/mol. The Bertz CT molecular complexity index is 2740. The summed E-state index contributed by atoms with van der Waals surface area (Å²) in [5.41, 5.74) is 13.9. The van der Waals surface area contributed by atoms with Crippen molar-refractivity contribution in [1.82, 2.24) is 19.9 Å². The van der Waals surface area contributed by atoms with Crippen molar-refractivity contribution < 1.29 is 0 Å². The molecule has 4 aromatic carbocycles. The second-order valence-corrected chi connectivity index (χ2v) is 15.3. The Kier molecular flexibility index (Phi) is 7.05. The van der Waals surface area contributed by atoms with Crippen molar-refractivity contribution in [2.75, 3.05) is 4.90 Å². The second-order valence-electron chi connectivity index (χ2n) is 13.5. The van der Waals surface area contributed by atoms with E-state index in [2.05, 4.69) is 142 Å². The van der Waals surface area contributed by atoms with E-state index in [0.29, 0.717) is 5.82 Å². The third kappa shape index (κ3) is 4.62. The lowest BCUT2D eigenvalue weighted by Crippen LogP contribution is -2.36. The third-order valence-electron chi connectivity index (χ3n) is 10.7. The highest BCUT2D eigenvalue weighted by Gasteiger charge is 2.53. The number of benzene rings is 4. The Balaban J connectivity index is 1.02. The Morgan fingerprint density at radius 2 is 1.09 bits per heavy atom. The predicted molar refractivity (Wildman–Crippen MR) is 221 cm³/mol. The van der Waals surface area contributed by atoms with E-state index >= 15 is 0 Å². The molecule has 11 rings (SSSR count). The van der Waals surface area contributed by atoms with E-state index in [1.54, 1.807) is 6.20 Å². The first-order valence-corrected chi connectivity index (χ1v) is 19.6. The van der Waals surface area contributed by atoms with Gasteiger partial charge in [0.2, 0.25) is 0 Å². The number of hydrogen-bond acceptors (Lipinski definition) is 7. The lowest BCUT2D eigenvalue weighted by atomic mass is 9.66. The molecule has 254 valence electrons. The van der Waals surface area contributed by atoms with Gasteiger partial charge < -0.3 is 0 Å². The molecular weight excluding hydrogens is 699 g/mol. The van der Waals surface area contributed by atoms with Crippen LogP contribution in [0, 0.1) is 0 Å². The zero-order valence-electron chi connectivity index (χ0n) is 28.8. The summed E-state index contributed by atoms with van der Waals surface area (Å²) < 4.78 is 0. The van der Waals surface area contributed by atoms with Crippen molar-refractivity contribution in [2.24, 2.45) is 0 Å². The molecule has 7 heteroatoms. The fourth-order valence-corrected chi connectivity index (χ4v) is 10.4. The molecule has 0 bridgehead atoms. The van der Waals surface area contributed by atoms with E-state index in [1.165, 1.54) is 32.0 Å². The Labute approximate surface area is 320 Å². The number of rotatable bonds is 5. The molecule has 54 heavy (non-hydrogen) atoms. The molecule has 5 nitrogen and oxygen atoms in total. The fraction of sp³-hybridized carbons (Fsp3) is 0.0213. The molecule has 0 radical (unpaired) electrons. The van der Waals surface area contributed by atoms with Crippen molar-refractivity contribution in [2.45, 2.75) is 5.41 Å². The van der Waals surface area contributed by atoms with Crippen LogP contribution in [0.1, 0.15) is 22.3 Å². The van der Waals surface area contributed by atoms with Crippen molar-refractivity contribution in [3.05, 3.63) is 197 Å². The molecule has 1 aliphatic heterocycles. The lowest BCUT2D eigenvalue weighted by Gasteiger charge is -2.43. The Morgan fingerprint density at radius 3 is 1.81 bits per heavy atom. The van der Waals surface area contributed by atoms with Crippen LogP contribution in [0.15, 0.2) is 175 Å². The topological polar surface area (TPSA) is 54.8 Å². The molecule has 0 N–H and O–H groups in total. The van der Waals surface area contributed by atoms with Crippen LogP contribution in [0.2, 0.25) is 0 Å². The van der Waals surface area contributed by atoms with E-state index in [4.69, 9.17) is 15.0 Å². The van der Waals surface area contributed by atoms with Gasteiger partial charge in [-0.05, 0) is 87.1 Å². The number of pyridine rings is 2. The zero-order valence-corrected chi connectivity index (χ0v) is 30.4. The van der Waals surface area contributed by atoms with Gasteiger partial charge in [0.15, 0.2) is 5.82 Å². The van der Waals surface area contributed by atoms with Crippen molar-refractivity contribution >= 4 is 39.9 Å². The lowest BCUT2D eigenvalue weighted by molar-refractivity contribution is 0.748. The van der Waals surface area contributed by atoms with E-state index < -0.39 is 5.41 Å². The molecule has 6 heterocycles. The smallest absolute Gasteiger partial charge is 0.160 e. The molecule has 2 aliphatic rings. The molecule has 5 aromatic heterocycles. The second kappa shape index (κ2) is 12.3. The van der Waals surface area contributed by atoms with Gasteiger partial charge in [0.25, 0.3) is 0 Å². The maximum absolute atomic E-state index is 5.15. The minimum absolute atomic E-state index is 0.414. The number of thiophene rings is 2. The van der Waals surface area contributed by atoms with Crippen molar-refractivity contribution in [3.8, 4) is 54.8 Å². The molecular formula is C47H29N5S2. The quantitative estimate of drug-likeness (QED) is 0.177. The summed E-state index contributed by atoms with van der Waals surface area (Å²) in [4.78, 5) is 24.7. The molecule has 0 atom stereocenters. The highest BCUT2D eigenvalue weighted by atomic mass is 32.1. The molecule has 0 amide bonds. The average molecular weight is 728 g/mol. The van der Waals surface area contributed by atoms with Gasteiger partial charge in [0.1, 0.15) is 5.82 Å². The van der Waals surface area contributed by atoms with E-state index in [9.17, 15) is 0 Å². The van der Waals surface area contributed by atoms with Crippen LogP contribution in [0.5, 0.6) is 0 Å². The van der Waals surface area contributed by atoms with Gasteiger partial charge in [-0.25, -0.2) is 15.0 Å². The zero-order chi connectivity index (χ0) is 35.6. The number of anilines is 3. The van der Waals surface area contributed by atoms with Gasteiger partial charge in [-0.3, -0.25) is 9.88 Å². The molecule has 0 unspecified atom stereocenters. The van der Waals surface area contributed by atoms with Gasteiger partial charge in [-0.15, -0.1) is 22.7 Å². The molecule has 1 aliphatic carbocycles. The van der Waals surface area contributed by atoms with Gasteiger partial charge >= 0.3 is 0 Å². The summed E-state index contributed by atoms with van der Waals surface area (Å²) >= 11 is 3.67. The standard InChI is InChI=1S/C47H29N5S2/c1-2-8-31(9-3-1)40-28-41(51-45(50-40)33-16-14-30(15-17-33)34-10-6-24-48-29-34)32-18-20-35(21-19-32)52-42-13-5-4-11-36(42)47(39-12-7-25-49-46(39)52)37-22-26-53-43(37)44-38(47)23-27-54-44/h1-29H. The molecule has 0 saturated carbocycles. The number of aromatic nitrogens is 4. The normalized spacial score (nSPS) is 13.3. The Hall–Kier alpha value is -6.54. The fourth-order valence-electron chi connectivity index (χ4n) is 8.27. The van der Waals surface area contributed by atoms with Crippen LogP contribution < -0.4 is 4.90 Å². The number of hydrogen-bond donors (Lipinski definition) is 0. The molecule has 9 aromatic rings. The first kappa shape index (κ1) is 31.0. The predicted octanol–water partition coefficient (Wildman–Crippen LogP) is 12.2. The summed E-state index contributed by atoms with van der Waals surface area (Å²) in [6, 6.07) is 51.4. The minimum atomic E-state index is -0.414. The van der Waals surface area contributed by atoms with Crippen LogP contribution in [0.3, 0.4) is 0 Å². The van der Waals surface area contributed by atoms with Crippen LogP contribution in [-0.2, 0) is 5.41 Å². The number of fused-ring (bicyclic) bond motifs is 9. The molecule has 0 saturated heterocycles. The van der Waals surface area contributed by atoms with Crippen LogP contribution in [-0.4, -0.2) is 19.9 Å². The van der Waals surface area contributed by atoms with Gasteiger partial charge in [-0.2, -0.15) is 0 Å². The summed E-state index contributed by atoms with van der Waals surface area (Å²) in [7, 11) is 0. The first-order valence-electron chi connectivity index (χ1n) is 17.8. The van der Waals surface area contributed by atoms with Crippen LogP contribution in [0.4, 0.5) is 17.2 Å². The Morgan fingerprint density at radius 1 is 0.481 bits per heavy atom. The van der Waals surface area contributed by atoms with Crippen molar-refractivity contribution in [3.63, 3.8) is 0 Å². The number of nitrogens with zero attached hydrogens (tertiary/aromatic N) is 5. The van der Waals surface area contributed by atoms with Gasteiger partial charge in [-0.1, -0.05) is 97.1 Å². The highest BCUT2D eigenvalue weighted by molar-refractivity contribution is 7.21. The van der Waals surface area contributed by atoms with Gasteiger partial charge in [0, 0.05) is 56.3 Å². The van der Waals surface area contributed by atoms with Crippen molar-refractivity contribution in [1.29, 1.82) is 0 Å². The molecule has 1 spiro atoms. The summed E-state index contributed by atoms with van der Waals surface area (Å²) in [6.45, 7) is 0. The summed E-state index contributed by atoms with van der Waals surface area (Å²) in [5.74, 6) is 1.63. The number of para-hydroxylation sites is 1. The summed E-state index contributed by atoms with van der Waals surface area (Å²) in [6.07, 6.45) is 5.59. The van der Waals surface area contributed by atoms with Crippen LogP contribution >= 0.6 is 22.7 Å². The first-order chi connectivity index (χ1) is 26.8. The van der Waals surface area contributed by atoms with E-state index in [-0.39, 0.29) is 0 Å². The maximum Gasteiger partial charge on any atom is 0.160 e. The van der Waals surface area contributed by atoms with E-state index in [0.717, 1.165) is 56.4 Å². The van der Waals surface area contributed by atoms with E-state index in [1.807, 2.05) is 59.3 Å². The minimum Gasteiger partial charge on any atom is -0.294 e.